The number of benzene rings is 1. The predicted molar refractivity (Wildman–Crippen MR) is 91.2 cm³/mol. The Morgan fingerprint density at radius 1 is 1.20 bits per heavy atom. The van der Waals surface area contributed by atoms with E-state index in [0.717, 1.165) is 30.4 Å². The zero-order valence-corrected chi connectivity index (χ0v) is 14.2. The number of rotatable bonds is 7. The van der Waals surface area contributed by atoms with Crippen LogP contribution in [0, 0.1) is 0 Å². The molecule has 0 saturated carbocycles. The molecule has 1 aromatic carbocycles. The number of thiophene rings is 1. The Labute approximate surface area is 133 Å². The summed E-state index contributed by atoms with van der Waals surface area (Å²) in [5.41, 5.74) is 7.45. The van der Waals surface area contributed by atoms with E-state index in [1.54, 1.807) is 0 Å². The van der Waals surface area contributed by atoms with Gasteiger partial charge < -0.3 is 10.6 Å². The Hall–Kier alpha value is -0.680. The maximum Gasteiger partial charge on any atom is 0.0307 e. The molecular weight excluding hydrogens is 332 g/mol. The quantitative estimate of drug-likeness (QED) is 0.813. The van der Waals surface area contributed by atoms with Crippen molar-refractivity contribution >= 4 is 27.3 Å². The molecule has 0 radical (unpaired) electrons. The van der Waals surface area contributed by atoms with Gasteiger partial charge in [-0.25, -0.2) is 0 Å². The van der Waals surface area contributed by atoms with Crippen LogP contribution in [0.15, 0.2) is 46.3 Å². The number of halogens is 1. The summed E-state index contributed by atoms with van der Waals surface area (Å²) in [5.74, 6) is 0. The minimum atomic E-state index is 0.118. The van der Waals surface area contributed by atoms with Crippen molar-refractivity contribution in [3.05, 3.63) is 56.7 Å². The largest absolute Gasteiger partial charge is 0.324 e. The lowest BCUT2D eigenvalue weighted by Gasteiger charge is -2.19. The first-order valence-corrected chi connectivity index (χ1v) is 8.54. The van der Waals surface area contributed by atoms with E-state index in [4.69, 9.17) is 5.73 Å². The van der Waals surface area contributed by atoms with Crippen LogP contribution < -0.4 is 5.73 Å². The molecule has 2 rings (SSSR count). The fraction of sp³-hybridized carbons (Fsp3) is 0.375. The first kappa shape index (κ1) is 15.7. The van der Waals surface area contributed by atoms with Crippen LogP contribution >= 0.6 is 27.3 Å². The molecule has 0 fully saturated rings. The number of nitrogens with zero attached hydrogens (tertiary/aromatic N) is 1. The van der Waals surface area contributed by atoms with Crippen molar-refractivity contribution in [1.82, 2.24) is 4.90 Å². The average Bonchev–Trinajstić information content (AvgIpc) is 2.96. The van der Waals surface area contributed by atoms with Crippen molar-refractivity contribution < 1.29 is 0 Å². The highest BCUT2D eigenvalue weighted by Gasteiger charge is 2.08. The van der Waals surface area contributed by atoms with Gasteiger partial charge in [0.05, 0.1) is 0 Å². The topological polar surface area (TPSA) is 29.3 Å². The van der Waals surface area contributed by atoms with Crippen molar-refractivity contribution in [2.75, 3.05) is 20.1 Å². The molecule has 1 unspecified atom stereocenters. The standard InChI is InChI=1S/C16H21BrN2S/c1-19(10-8-15-3-2-12-20-15)11-9-16(18)13-4-6-14(17)7-5-13/h2-7,12,16H,8-11,18H2,1H3. The van der Waals surface area contributed by atoms with Crippen LogP contribution in [0.4, 0.5) is 0 Å². The van der Waals surface area contributed by atoms with E-state index in [1.807, 2.05) is 11.3 Å². The SMILES string of the molecule is CN(CCc1cccs1)CCC(N)c1ccc(Br)cc1. The van der Waals surface area contributed by atoms with Crippen LogP contribution in [0.1, 0.15) is 22.9 Å². The third-order valence-electron chi connectivity index (χ3n) is 3.44. The second kappa shape index (κ2) is 7.93. The molecule has 0 saturated heterocycles. The Kier molecular flexibility index (Phi) is 6.23. The van der Waals surface area contributed by atoms with E-state index in [0.29, 0.717) is 0 Å². The molecule has 1 atom stereocenters. The maximum atomic E-state index is 6.24. The lowest BCUT2D eigenvalue weighted by Crippen LogP contribution is -2.25. The molecule has 0 amide bonds. The van der Waals surface area contributed by atoms with Crippen LogP contribution in [0.2, 0.25) is 0 Å². The van der Waals surface area contributed by atoms with Gasteiger partial charge in [0.25, 0.3) is 0 Å². The van der Waals surface area contributed by atoms with Crippen LogP contribution in [0.5, 0.6) is 0 Å². The van der Waals surface area contributed by atoms with Gasteiger partial charge in [-0.1, -0.05) is 34.1 Å². The molecule has 0 spiro atoms. The molecule has 2 aromatic rings. The predicted octanol–water partition coefficient (Wildman–Crippen LogP) is 4.08. The summed E-state index contributed by atoms with van der Waals surface area (Å²) in [6.45, 7) is 2.12. The van der Waals surface area contributed by atoms with Crippen LogP contribution in [0.3, 0.4) is 0 Å². The summed E-state index contributed by atoms with van der Waals surface area (Å²) < 4.78 is 1.10. The Morgan fingerprint density at radius 3 is 2.60 bits per heavy atom. The van der Waals surface area contributed by atoms with E-state index in [9.17, 15) is 0 Å². The lowest BCUT2D eigenvalue weighted by molar-refractivity contribution is 0.323. The van der Waals surface area contributed by atoms with Crippen LogP contribution in [-0.2, 0) is 6.42 Å². The molecule has 0 aliphatic carbocycles. The highest BCUT2D eigenvalue weighted by Crippen LogP contribution is 2.18. The molecule has 2 nitrogen and oxygen atoms in total. The van der Waals surface area contributed by atoms with Gasteiger partial charge in [0, 0.05) is 21.9 Å². The number of hydrogen-bond donors (Lipinski definition) is 1. The summed E-state index contributed by atoms with van der Waals surface area (Å²) in [7, 11) is 2.17. The molecule has 20 heavy (non-hydrogen) atoms. The number of likely N-dealkylation sites (N-methyl/N-ethyl adjacent to an activating group) is 1. The molecule has 1 aromatic heterocycles. The Bertz CT molecular complexity index is 496. The van der Waals surface area contributed by atoms with E-state index in [-0.39, 0.29) is 6.04 Å². The maximum absolute atomic E-state index is 6.24. The summed E-state index contributed by atoms with van der Waals surface area (Å²) >= 11 is 5.28. The molecule has 0 aliphatic heterocycles. The molecule has 0 bridgehead atoms. The molecule has 1 heterocycles. The fourth-order valence-electron chi connectivity index (χ4n) is 2.10. The van der Waals surface area contributed by atoms with Gasteiger partial charge in [-0.2, -0.15) is 0 Å². The van der Waals surface area contributed by atoms with E-state index in [1.165, 1.54) is 10.4 Å². The molecule has 108 valence electrons. The van der Waals surface area contributed by atoms with Gasteiger partial charge in [-0.15, -0.1) is 11.3 Å². The minimum absolute atomic E-state index is 0.118. The van der Waals surface area contributed by atoms with Gasteiger partial charge in [0.1, 0.15) is 0 Å². The van der Waals surface area contributed by atoms with Crippen LogP contribution in [0.25, 0.3) is 0 Å². The smallest absolute Gasteiger partial charge is 0.0307 e. The lowest BCUT2D eigenvalue weighted by atomic mass is 10.0. The highest BCUT2D eigenvalue weighted by molar-refractivity contribution is 9.10. The Morgan fingerprint density at radius 2 is 1.95 bits per heavy atom. The van der Waals surface area contributed by atoms with Gasteiger partial charge in [0.2, 0.25) is 0 Å². The van der Waals surface area contributed by atoms with Crippen molar-refractivity contribution in [3.63, 3.8) is 0 Å². The second-order valence-electron chi connectivity index (χ2n) is 5.08. The van der Waals surface area contributed by atoms with Crippen molar-refractivity contribution in [1.29, 1.82) is 0 Å². The van der Waals surface area contributed by atoms with E-state index < -0.39 is 0 Å². The molecule has 2 N–H and O–H groups in total. The third kappa shape index (κ3) is 5.02. The second-order valence-corrected chi connectivity index (χ2v) is 7.03. The molecule has 4 heteroatoms. The van der Waals surface area contributed by atoms with Gasteiger partial charge in [-0.3, -0.25) is 0 Å². The number of nitrogens with two attached hydrogens (primary N) is 1. The summed E-state index contributed by atoms with van der Waals surface area (Å²) in [5, 5.41) is 2.14. The first-order chi connectivity index (χ1) is 9.65. The minimum Gasteiger partial charge on any atom is -0.324 e. The normalized spacial score (nSPS) is 12.8. The van der Waals surface area contributed by atoms with Crippen molar-refractivity contribution in [2.45, 2.75) is 18.9 Å². The summed E-state index contributed by atoms with van der Waals surface area (Å²) in [4.78, 5) is 3.81. The Balaban J connectivity index is 1.72. The first-order valence-electron chi connectivity index (χ1n) is 6.87. The van der Waals surface area contributed by atoms with Gasteiger partial charge >= 0.3 is 0 Å². The summed E-state index contributed by atoms with van der Waals surface area (Å²) in [6, 6.07) is 12.7. The monoisotopic (exact) mass is 352 g/mol. The van der Waals surface area contributed by atoms with Crippen molar-refractivity contribution in [2.24, 2.45) is 5.73 Å². The van der Waals surface area contributed by atoms with Crippen LogP contribution in [-0.4, -0.2) is 25.0 Å². The zero-order chi connectivity index (χ0) is 14.4. The average molecular weight is 353 g/mol. The highest BCUT2D eigenvalue weighted by atomic mass is 79.9. The summed E-state index contributed by atoms with van der Waals surface area (Å²) in [6.07, 6.45) is 2.12. The van der Waals surface area contributed by atoms with E-state index >= 15 is 0 Å². The van der Waals surface area contributed by atoms with Crippen molar-refractivity contribution in [3.8, 4) is 0 Å². The van der Waals surface area contributed by atoms with Gasteiger partial charge in [-0.05, 0) is 55.6 Å². The third-order valence-corrected chi connectivity index (χ3v) is 4.90. The van der Waals surface area contributed by atoms with E-state index in [2.05, 4.69) is 69.7 Å². The molecule has 0 aliphatic rings. The number of hydrogen-bond acceptors (Lipinski definition) is 3. The van der Waals surface area contributed by atoms with Gasteiger partial charge in [0.15, 0.2) is 0 Å². The molecular formula is C16H21BrN2S. The zero-order valence-electron chi connectivity index (χ0n) is 11.8. The fourth-order valence-corrected chi connectivity index (χ4v) is 3.07.